The summed E-state index contributed by atoms with van der Waals surface area (Å²) in [4.78, 5) is 41.8. The topological polar surface area (TPSA) is 108 Å². The Kier molecular flexibility index (Phi) is 5.57. The molecule has 3 unspecified atom stereocenters. The number of nitrogens with zero attached hydrogens (tertiary/aromatic N) is 1. The Bertz CT molecular complexity index is 965. The second-order valence-corrected chi connectivity index (χ2v) is 9.73. The van der Waals surface area contributed by atoms with E-state index in [1.165, 1.54) is 4.90 Å². The molecule has 32 heavy (non-hydrogen) atoms. The molecule has 174 valence electrons. The monoisotopic (exact) mass is 443 g/mol. The van der Waals surface area contributed by atoms with Gasteiger partial charge in [0.15, 0.2) is 0 Å². The zero-order valence-corrected chi connectivity index (χ0v) is 19.4. The number of carbonyl (C=O) groups is 3. The minimum atomic E-state index is -1.07. The van der Waals surface area contributed by atoms with Crippen LogP contribution in [0.25, 0.3) is 0 Å². The van der Waals surface area contributed by atoms with E-state index in [1.807, 2.05) is 45.9 Å². The predicted octanol–water partition coefficient (Wildman–Crippen LogP) is 1.38. The van der Waals surface area contributed by atoms with Crippen LogP contribution in [0.15, 0.2) is 18.2 Å². The van der Waals surface area contributed by atoms with E-state index in [1.54, 1.807) is 7.05 Å². The van der Waals surface area contributed by atoms with Gasteiger partial charge in [0.2, 0.25) is 17.7 Å². The van der Waals surface area contributed by atoms with Gasteiger partial charge in [-0.2, -0.15) is 0 Å². The maximum absolute atomic E-state index is 13.7. The molecular weight excluding hydrogens is 410 g/mol. The van der Waals surface area contributed by atoms with E-state index in [0.717, 1.165) is 11.1 Å². The van der Waals surface area contributed by atoms with E-state index in [2.05, 4.69) is 10.6 Å². The van der Waals surface area contributed by atoms with Gasteiger partial charge in [0.1, 0.15) is 11.6 Å². The zero-order valence-electron chi connectivity index (χ0n) is 19.4. The SMILES string of the molecule is CNC(=O)[C@@H]1[C@H]2C(=O)N(CCCO)C(C(=O)Nc3cc(C)ccc3C)C23CC(C)[C@@]1(C)O3. The number of rotatable bonds is 6. The highest BCUT2D eigenvalue weighted by molar-refractivity contribution is 6.04. The average Bonchev–Trinajstić information content (AvgIpc) is 3.25. The number of likely N-dealkylation sites (tertiary alicyclic amines) is 1. The highest BCUT2D eigenvalue weighted by atomic mass is 16.5. The fraction of sp³-hybridized carbons (Fsp3) is 0.625. The van der Waals surface area contributed by atoms with Crippen LogP contribution < -0.4 is 10.6 Å². The molecular formula is C24H33N3O5. The Hall–Kier alpha value is -2.45. The highest BCUT2D eigenvalue weighted by Crippen LogP contribution is 2.65. The Morgan fingerprint density at radius 2 is 2.00 bits per heavy atom. The summed E-state index contributed by atoms with van der Waals surface area (Å²) in [6, 6.07) is 4.95. The number of anilines is 1. The van der Waals surface area contributed by atoms with Gasteiger partial charge < -0.3 is 25.4 Å². The number of benzene rings is 1. The van der Waals surface area contributed by atoms with E-state index < -0.39 is 29.1 Å². The second-order valence-electron chi connectivity index (χ2n) is 9.73. The molecule has 1 spiro atoms. The number of nitrogens with one attached hydrogen (secondary N) is 2. The molecule has 6 atom stereocenters. The lowest BCUT2D eigenvalue weighted by molar-refractivity contribution is -0.146. The Morgan fingerprint density at radius 3 is 2.66 bits per heavy atom. The first kappa shape index (κ1) is 22.7. The number of hydrogen-bond donors (Lipinski definition) is 3. The van der Waals surface area contributed by atoms with Crippen LogP contribution in [0.5, 0.6) is 0 Å². The summed E-state index contributed by atoms with van der Waals surface area (Å²) in [7, 11) is 1.56. The Morgan fingerprint density at radius 1 is 1.28 bits per heavy atom. The third-order valence-corrected chi connectivity index (χ3v) is 7.80. The van der Waals surface area contributed by atoms with Crippen molar-refractivity contribution in [3.05, 3.63) is 29.3 Å². The van der Waals surface area contributed by atoms with Gasteiger partial charge in [-0.05, 0) is 56.7 Å². The minimum absolute atomic E-state index is 0.00245. The number of carbonyl (C=O) groups excluding carboxylic acids is 3. The van der Waals surface area contributed by atoms with Crippen LogP contribution in [0.1, 0.15) is 37.8 Å². The maximum Gasteiger partial charge on any atom is 0.250 e. The van der Waals surface area contributed by atoms with Crippen molar-refractivity contribution in [3.63, 3.8) is 0 Å². The molecule has 0 saturated carbocycles. The van der Waals surface area contributed by atoms with Crippen molar-refractivity contribution in [2.75, 3.05) is 25.5 Å². The molecule has 3 heterocycles. The lowest BCUT2D eigenvalue weighted by Gasteiger charge is -2.36. The zero-order chi connectivity index (χ0) is 23.4. The van der Waals surface area contributed by atoms with Crippen LogP contribution >= 0.6 is 0 Å². The van der Waals surface area contributed by atoms with Crippen LogP contribution in [0.4, 0.5) is 5.69 Å². The van der Waals surface area contributed by atoms with Gasteiger partial charge in [0.05, 0.1) is 17.4 Å². The summed E-state index contributed by atoms with van der Waals surface area (Å²) in [5.41, 5.74) is 0.741. The van der Waals surface area contributed by atoms with Crippen molar-refractivity contribution in [2.45, 2.75) is 57.8 Å². The van der Waals surface area contributed by atoms with Crippen LogP contribution in [-0.4, -0.2) is 65.2 Å². The molecule has 1 aromatic carbocycles. The fourth-order valence-electron chi connectivity index (χ4n) is 6.15. The van der Waals surface area contributed by atoms with Gasteiger partial charge in [0, 0.05) is 25.9 Å². The van der Waals surface area contributed by atoms with Crippen LogP contribution in [0.3, 0.4) is 0 Å². The van der Waals surface area contributed by atoms with Gasteiger partial charge in [-0.25, -0.2) is 0 Å². The second kappa shape index (κ2) is 7.85. The summed E-state index contributed by atoms with van der Waals surface area (Å²) in [5, 5.41) is 15.1. The predicted molar refractivity (Wildman–Crippen MR) is 119 cm³/mol. The normalized spacial score (nSPS) is 35.2. The Labute approximate surface area is 188 Å². The summed E-state index contributed by atoms with van der Waals surface area (Å²) < 4.78 is 6.58. The molecule has 3 saturated heterocycles. The Balaban J connectivity index is 1.77. The molecule has 8 nitrogen and oxygen atoms in total. The number of fused-ring (bicyclic) bond motifs is 1. The summed E-state index contributed by atoms with van der Waals surface area (Å²) in [6.07, 6.45) is 0.868. The van der Waals surface area contributed by atoms with Crippen molar-refractivity contribution in [1.82, 2.24) is 10.2 Å². The smallest absolute Gasteiger partial charge is 0.250 e. The van der Waals surface area contributed by atoms with E-state index in [-0.39, 0.29) is 36.8 Å². The molecule has 0 aromatic heterocycles. The van der Waals surface area contributed by atoms with Crippen molar-refractivity contribution >= 4 is 23.4 Å². The van der Waals surface area contributed by atoms with Crippen molar-refractivity contribution in [2.24, 2.45) is 17.8 Å². The molecule has 3 fully saturated rings. The van der Waals surface area contributed by atoms with Crippen LogP contribution in [0.2, 0.25) is 0 Å². The molecule has 8 heteroatoms. The highest BCUT2D eigenvalue weighted by Gasteiger charge is 2.79. The number of ether oxygens (including phenoxy) is 1. The third-order valence-electron chi connectivity index (χ3n) is 7.80. The fourth-order valence-corrected chi connectivity index (χ4v) is 6.15. The van der Waals surface area contributed by atoms with Crippen molar-refractivity contribution in [1.29, 1.82) is 0 Å². The number of amides is 3. The summed E-state index contributed by atoms with van der Waals surface area (Å²) in [5.74, 6) is -2.19. The molecule has 3 amide bonds. The first-order chi connectivity index (χ1) is 15.1. The first-order valence-corrected chi connectivity index (χ1v) is 11.3. The summed E-state index contributed by atoms with van der Waals surface area (Å²) in [6.45, 7) is 7.90. The van der Waals surface area contributed by atoms with E-state index in [4.69, 9.17) is 4.74 Å². The van der Waals surface area contributed by atoms with Gasteiger partial charge in [-0.15, -0.1) is 0 Å². The van der Waals surface area contributed by atoms with Crippen molar-refractivity contribution < 1.29 is 24.2 Å². The molecule has 3 aliphatic rings. The van der Waals surface area contributed by atoms with Gasteiger partial charge in [0.25, 0.3) is 0 Å². The molecule has 0 aliphatic carbocycles. The molecule has 1 aromatic rings. The lowest BCUT2D eigenvalue weighted by Crippen LogP contribution is -2.54. The van der Waals surface area contributed by atoms with E-state index >= 15 is 0 Å². The molecule has 4 rings (SSSR count). The molecule has 3 N–H and O–H groups in total. The van der Waals surface area contributed by atoms with Crippen LogP contribution in [-0.2, 0) is 19.1 Å². The van der Waals surface area contributed by atoms with Crippen LogP contribution in [0, 0.1) is 31.6 Å². The van der Waals surface area contributed by atoms with E-state index in [9.17, 15) is 19.5 Å². The minimum Gasteiger partial charge on any atom is -0.396 e. The molecule has 3 aliphatic heterocycles. The molecule has 0 radical (unpaired) electrons. The number of hydrogen-bond acceptors (Lipinski definition) is 5. The number of aryl methyl sites for hydroxylation is 2. The first-order valence-electron chi connectivity index (χ1n) is 11.3. The van der Waals surface area contributed by atoms with E-state index in [0.29, 0.717) is 18.5 Å². The quantitative estimate of drug-likeness (QED) is 0.616. The molecule has 2 bridgehead atoms. The number of aliphatic hydroxyl groups excluding tert-OH is 1. The number of aliphatic hydroxyl groups is 1. The van der Waals surface area contributed by atoms with Gasteiger partial charge >= 0.3 is 0 Å². The van der Waals surface area contributed by atoms with Crippen molar-refractivity contribution in [3.8, 4) is 0 Å². The maximum atomic E-state index is 13.7. The van der Waals surface area contributed by atoms with Gasteiger partial charge in [-0.1, -0.05) is 19.1 Å². The third kappa shape index (κ3) is 3.07. The van der Waals surface area contributed by atoms with Gasteiger partial charge in [-0.3, -0.25) is 14.4 Å². The lowest BCUT2D eigenvalue weighted by atomic mass is 9.62. The standard InChI is InChI=1S/C24H33N3O5/c1-13-7-8-14(2)16(11-13)26-21(30)19-24-12-15(3)23(4,32-24)17(20(29)25-5)18(24)22(31)27(19)9-6-10-28/h7-8,11,15,17-19,28H,6,9-10,12H2,1-5H3,(H,25,29)(H,26,30)/t15?,17-,18-,19?,23+,24?/m0/s1. The summed E-state index contributed by atoms with van der Waals surface area (Å²) >= 11 is 0. The largest absolute Gasteiger partial charge is 0.396 e. The average molecular weight is 444 g/mol.